The molecule has 0 unspecified atom stereocenters. The second kappa shape index (κ2) is 5.28. The van der Waals surface area contributed by atoms with Gasteiger partial charge in [0.2, 0.25) is 0 Å². The monoisotopic (exact) mass is 316 g/mol. The molecular formula is C13H11F3N2O2S. The van der Waals surface area contributed by atoms with Crippen LogP contribution in [0.2, 0.25) is 0 Å². The van der Waals surface area contributed by atoms with Gasteiger partial charge in [-0.3, -0.25) is 4.72 Å². The Labute approximate surface area is 119 Å². The third-order valence-corrected chi connectivity index (χ3v) is 4.12. The van der Waals surface area contributed by atoms with Crippen molar-refractivity contribution in [3.63, 3.8) is 0 Å². The average molecular weight is 316 g/mol. The van der Waals surface area contributed by atoms with Gasteiger partial charge in [-0.25, -0.2) is 21.6 Å². The molecule has 112 valence electrons. The number of nitrogens with two attached hydrogens (primary N) is 1. The van der Waals surface area contributed by atoms with Crippen LogP contribution in [0.1, 0.15) is 5.56 Å². The highest BCUT2D eigenvalue weighted by atomic mass is 32.2. The summed E-state index contributed by atoms with van der Waals surface area (Å²) in [6.07, 6.45) is 0. The summed E-state index contributed by atoms with van der Waals surface area (Å²) in [4.78, 5) is -0.323. The van der Waals surface area contributed by atoms with E-state index >= 15 is 0 Å². The van der Waals surface area contributed by atoms with Crippen LogP contribution in [-0.2, 0) is 10.0 Å². The Morgan fingerprint density at radius 2 is 1.62 bits per heavy atom. The molecule has 0 heterocycles. The van der Waals surface area contributed by atoms with E-state index in [0.717, 1.165) is 5.56 Å². The third kappa shape index (κ3) is 3.10. The van der Waals surface area contributed by atoms with E-state index in [1.807, 2.05) is 0 Å². The van der Waals surface area contributed by atoms with E-state index in [1.165, 1.54) is 18.2 Å². The molecule has 2 rings (SSSR count). The zero-order chi connectivity index (χ0) is 15.8. The summed E-state index contributed by atoms with van der Waals surface area (Å²) in [5.41, 5.74) is 5.30. The standard InChI is InChI=1S/C13H11F3N2O2S/c1-7-2-3-12(11(17)4-7)21(19,20)18-13-9(15)5-8(14)6-10(13)16/h2-6,18H,17H2,1H3. The van der Waals surface area contributed by atoms with Crippen molar-refractivity contribution in [2.24, 2.45) is 0 Å². The topological polar surface area (TPSA) is 72.2 Å². The van der Waals surface area contributed by atoms with Gasteiger partial charge in [-0.2, -0.15) is 0 Å². The number of aryl methyl sites for hydroxylation is 1. The van der Waals surface area contributed by atoms with Crippen molar-refractivity contribution in [1.29, 1.82) is 0 Å². The van der Waals surface area contributed by atoms with E-state index < -0.39 is 33.2 Å². The highest BCUT2D eigenvalue weighted by Gasteiger charge is 2.22. The first-order valence-corrected chi connectivity index (χ1v) is 7.22. The van der Waals surface area contributed by atoms with Crippen molar-refractivity contribution < 1.29 is 21.6 Å². The molecule has 4 nitrogen and oxygen atoms in total. The maximum Gasteiger partial charge on any atom is 0.264 e. The molecule has 0 aliphatic carbocycles. The minimum Gasteiger partial charge on any atom is -0.398 e. The quantitative estimate of drug-likeness (QED) is 0.855. The zero-order valence-corrected chi connectivity index (χ0v) is 11.6. The summed E-state index contributed by atoms with van der Waals surface area (Å²) >= 11 is 0. The lowest BCUT2D eigenvalue weighted by atomic mass is 10.2. The molecule has 0 spiro atoms. The molecule has 0 aliphatic heterocycles. The Balaban J connectivity index is 2.47. The number of hydrogen-bond acceptors (Lipinski definition) is 3. The lowest BCUT2D eigenvalue weighted by Crippen LogP contribution is -2.17. The van der Waals surface area contributed by atoms with Crippen LogP contribution in [0.15, 0.2) is 35.2 Å². The summed E-state index contributed by atoms with van der Waals surface area (Å²) in [7, 11) is -4.30. The highest BCUT2D eigenvalue weighted by Crippen LogP contribution is 2.26. The van der Waals surface area contributed by atoms with Gasteiger partial charge in [0.05, 0.1) is 5.69 Å². The fourth-order valence-corrected chi connectivity index (χ4v) is 2.93. The van der Waals surface area contributed by atoms with Crippen molar-refractivity contribution in [3.8, 4) is 0 Å². The van der Waals surface area contributed by atoms with Gasteiger partial charge in [0, 0.05) is 12.1 Å². The van der Waals surface area contributed by atoms with Crippen LogP contribution in [0.3, 0.4) is 0 Å². The number of hydrogen-bond donors (Lipinski definition) is 2. The first-order chi connectivity index (χ1) is 9.70. The van der Waals surface area contributed by atoms with Gasteiger partial charge in [-0.1, -0.05) is 6.07 Å². The molecule has 0 fully saturated rings. The summed E-state index contributed by atoms with van der Waals surface area (Å²) < 4.78 is 65.7. The molecule has 0 amide bonds. The van der Waals surface area contributed by atoms with Gasteiger partial charge in [0.25, 0.3) is 10.0 Å². The SMILES string of the molecule is Cc1ccc(S(=O)(=O)Nc2c(F)cc(F)cc2F)c(N)c1. The second-order valence-corrected chi connectivity index (χ2v) is 6.04. The van der Waals surface area contributed by atoms with E-state index in [1.54, 1.807) is 11.6 Å². The first-order valence-electron chi connectivity index (χ1n) is 5.74. The smallest absolute Gasteiger partial charge is 0.264 e. The molecule has 3 N–H and O–H groups in total. The predicted octanol–water partition coefficient (Wildman–Crippen LogP) is 2.80. The molecule has 0 bridgehead atoms. The fourth-order valence-electron chi connectivity index (χ4n) is 1.74. The summed E-state index contributed by atoms with van der Waals surface area (Å²) in [6, 6.07) is 4.86. The van der Waals surface area contributed by atoms with E-state index in [9.17, 15) is 21.6 Å². The molecule has 0 aromatic heterocycles. The van der Waals surface area contributed by atoms with Crippen LogP contribution in [0.25, 0.3) is 0 Å². The molecule has 2 aromatic rings. The number of benzene rings is 2. The Morgan fingerprint density at radius 1 is 1.05 bits per heavy atom. The maximum atomic E-state index is 13.5. The normalized spacial score (nSPS) is 11.4. The Morgan fingerprint density at radius 3 is 2.14 bits per heavy atom. The number of anilines is 2. The number of halogens is 3. The predicted molar refractivity (Wildman–Crippen MR) is 72.7 cm³/mol. The van der Waals surface area contributed by atoms with Crippen LogP contribution in [-0.4, -0.2) is 8.42 Å². The number of nitrogens with one attached hydrogen (secondary N) is 1. The van der Waals surface area contributed by atoms with Crippen molar-refractivity contribution in [3.05, 3.63) is 53.3 Å². The highest BCUT2D eigenvalue weighted by molar-refractivity contribution is 7.92. The zero-order valence-electron chi connectivity index (χ0n) is 10.8. The van der Waals surface area contributed by atoms with E-state index in [0.29, 0.717) is 12.1 Å². The van der Waals surface area contributed by atoms with Gasteiger partial charge < -0.3 is 5.73 Å². The number of nitrogen functional groups attached to an aromatic ring is 1. The van der Waals surface area contributed by atoms with Crippen LogP contribution < -0.4 is 10.5 Å². The summed E-state index contributed by atoms with van der Waals surface area (Å²) in [5.74, 6) is -3.87. The molecule has 2 aromatic carbocycles. The van der Waals surface area contributed by atoms with Crippen molar-refractivity contribution in [1.82, 2.24) is 0 Å². The van der Waals surface area contributed by atoms with Gasteiger partial charge >= 0.3 is 0 Å². The molecule has 21 heavy (non-hydrogen) atoms. The Bertz CT molecular complexity index is 784. The van der Waals surface area contributed by atoms with Crippen molar-refractivity contribution >= 4 is 21.4 Å². The van der Waals surface area contributed by atoms with Crippen LogP contribution >= 0.6 is 0 Å². The Hall–Kier alpha value is -2.22. The minimum absolute atomic E-state index is 0.0644. The largest absolute Gasteiger partial charge is 0.398 e. The molecule has 0 atom stereocenters. The summed E-state index contributed by atoms with van der Waals surface area (Å²) in [5, 5.41) is 0. The van der Waals surface area contributed by atoms with Crippen LogP contribution in [0.5, 0.6) is 0 Å². The molecular weight excluding hydrogens is 305 g/mol. The first kappa shape index (κ1) is 15.2. The van der Waals surface area contributed by atoms with Crippen molar-refractivity contribution in [2.75, 3.05) is 10.5 Å². The van der Waals surface area contributed by atoms with Crippen molar-refractivity contribution in [2.45, 2.75) is 11.8 Å². The van der Waals surface area contributed by atoms with Gasteiger partial charge in [0.15, 0.2) is 11.6 Å². The molecule has 0 radical (unpaired) electrons. The second-order valence-electron chi connectivity index (χ2n) is 4.39. The van der Waals surface area contributed by atoms with Gasteiger partial charge in [-0.05, 0) is 24.6 Å². The molecule has 0 saturated heterocycles. The van der Waals surface area contributed by atoms with Crippen LogP contribution in [0, 0.1) is 24.4 Å². The Kier molecular flexibility index (Phi) is 3.82. The van der Waals surface area contributed by atoms with E-state index in [2.05, 4.69) is 0 Å². The molecule has 0 aliphatic rings. The average Bonchev–Trinajstić information content (AvgIpc) is 2.33. The van der Waals surface area contributed by atoms with Gasteiger partial charge in [0.1, 0.15) is 16.4 Å². The van der Waals surface area contributed by atoms with Gasteiger partial charge in [-0.15, -0.1) is 0 Å². The maximum absolute atomic E-state index is 13.5. The number of sulfonamides is 1. The van der Waals surface area contributed by atoms with E-state index in [-0.39, 0.29) is 10.6 Å². The minimum atomic E-state index is -4.30. The molecule has 0 saturated carbocycles. The lowest BCUT2D eigenvalue weighted by Gasteiger charge is -2.12. The number of rotatable bonds is 3. The fraction of sp³-hybridized carbons (Fsp3) is 0.0769. The van der Waals surface area contributed by atoms with Crippen LogP contribution in [0.4, 0.5) is 24.5 Å². The third-order valence-electron chi connectivity index (χ3n) is 2.70. The lowest BCUT2D eigenvalue weighted by molar-refractivity contribution is 0.547. The molecule has 8 heteroatoms. The summed E-state index contributed by atoms with van der Waals surface area (Å²) in [6.45, 7) is 1.71. The van der Waals surface area contributed by atoms with E-state index in [4.69, 9.17) is 5.73 Å².